The Balaban J connectivity index is 1.09. The third-order valence-electron chi connectivity index (χ3n) is 16.7. The van der Waals surface area contributed by atoms with Crippen molar-refractivity contribution >= 4 is 65.6 Å². The van der Waals surface area contributed by atoms with Crippen molar-refractivity contribution in [1.82, 2.24) is 24.1 Å². The first-order valence-electron chi connectivity index (χ1n) is 26.4. The number of rotatable bonds is 5. The van der Waals surface area contributed by atoms with Crippen molar-refractivity contribution in [2.24, 2.45) is 0 Å². The van der Waals surface area contributed by atoms with E-state index >= 15 is 0 Å². The van der Waals surface area contributed by atoms with Crippen LogP contribution in [0.2, 0.25) is 0 Å². The van der Waals surface area contributed by atoms with Crippen molar-refractivity contribution in [3.05, 3.63) is 270 Å². The predicted molar refractivity (Wildman–Crippen MR) is 313 cm³/mol. The summed E-state index contributed by atoms with van der Waals surface area (Å²) < 4.78 is 12.4. The number of hydrogen-bond donors (Lipinski definition) is 0. The molecular formula is C71H43N5O. The molecular weight excluding hydrogens is 939 g/mol. The van der Waals surface area contributed by atoms with Gasteiger partial charge in [0.2, 0.25) is 0 Å². The number of aromatic nitrogens is 5. The predicted octanol–water partition coefficient (Wildman–Crippen LogP) is 17.6. The van der Waals surface area contributed by atoms with Crippen molar-refractivity contribution in [2.75, 3.05) is 0 Å². The molecule has 0 atom stereocenters. The minimum Gasteiger partial charge on any atom is -0.455 e. The van der Waals surface area contributed by atoms with Crippen molar-refractivity contribution in [2.45, 2.75) is 12.3 Å². The smallest absolute Gasteiger partial charge is 0.168 e. The Morgan fingerprint density at radius 2 is 0.870 bits per heavy atom. The summed E-state index contributed by atoms with van der Waals surface area (Å²) in [5.74, 6) is 1.75. The van der Waals surface area contributed by atoms with Gasteiger partial charge in [-0.3, -0.25) is 0 Å². The molecule has 15 aromatic rings. The highest BCUT2D eigenvalue weighted by atomic mass is 16.3. The highest BCUT2D eigenvalue weighted by molar-refractivity contribution is 6.33. The number of nitrogens with zero attached hydrogens (tertiary/aromatic N) is 5. The summed E-state index contributed by atoms with van der Waals surface area (Å²) in [6.45, 7) is 2.18. The second kappa shape index (κ2) is 15.7. The fourth-order valence-electron chi connectivity index (χ4n) is 13.8. The Morgan fingerprint density at radius 3 is 1.51 bits per heavy atom. The molecule has 1 spiro atoms. The minimum atomic E-state index is -0.651. The molecule has 0 fully saturated rings. The molecule has 6 heteroatoms. The van der Waals surface area contributed by atoms with Crippen LogP contribution in [0, 0.1) is 6.92 Å². The van der Waals surface area contributed by atoms with Gasteiger partial charge in [-0.15, -0.1) is 0 Å². The number of benzene rings is 11. The van der Waals surface area contributed by atoms with Crippen LogP contribution < -0.4 is 0 Å². The van der Waals surface area contributed by atoms with Crippen LogP contribution in [0.3, 0.4) is 0 Å². The largest absolute Gasteiger partial charge is 0.455 e. The lowest BCUT2D eigenvalue weighted by atomic mass is 9.69. The molecule has 0 N–H and O–H groups in total. The normalized spacial score (nSPS) is 13.1. The number of furan rings is 1. The topological polar surface area (TPSA) is 61.7 Å². The lowest BCUT2D eigenvalue weighted by Crippen LogP contribution is -2.26. The van der Waals surface area contributed by atoms with Crippen molar-refractivity contribution in [1.29, 1.82) is 0 Å². The molecule has 11 aromatic carbocycles. The van der Waals surface area contributed by atoms with Crippen LogP contribution in [-0.2, 0) is 5.41 Å². The van der Waals surface area contributed by atoms with Crippen LogP contribution in [-0.4, -0.2) is 24.1 Å². The zero-order valence-corrected chi connectivity index (χ0v) is 41.7. The Bertz CT molecular complexity index is 4890. The van der Waals surface area contributed by atoms with Gasteiger partial charge in [-0.25, -0.2) is 15.0 Å². The van der Waals surface area contributed by atoms with Gasteiger partial charge in [0.25, 0.3) is 0 Å². The van der Waals surface area contributed by atoms with Gasteiger partial charge in [-0.05, 0) is 87.8 Å². The molecule has 0 saturated carbocycles. The lowest BCUT2D eigenvalue weighted by Gasteiger charge is -2.31. The standard InChI is InChI=1S/C71H43N5O/c1-42-41-57(60-51-34-16-22-40-58(51)77-67(60)59(42)70-73-68(43-23-5-2-6-24-43)72-69(74-70)44-25-7-3-8-26-44)76-56-39-21-14-32-49(56)62-64-61(65-63(66(62)76)50-33-15-20-38-55(50)75(65)45-27-9-4-10-28-45)48-31-13-19-37-54(48)71(64)52-35-17-11-29-46(52)47-30-12-18-36-53(47)71/h2-41H,1H3. The van der Waals surface area contributed by atoms with Crippen molar-refractivity contribution in [3.63, 3.8) is 0 Å². The molecule has 358 valence electrons. The molecule has 2 aliphatic carbocycles. The molecule has 0 amide bonds. The van der Waals surface area contributed by atoms with E-state index in [0.29, 0.717) is 17.5 Å². The van der Waals surface area contributed by atoms with E-state index in [2.05, 4.69) is 222 Å². The quantitative estimate of drug-likeness (QED) is 0.172. The number of fused-ring (bicyclic) bond motifs is 22. The SMILES string of the molecule is Cc1cc(-n2c3ccccc3c3c4c(c5c(c6ccccc6n5-c5ccccc5)c32)-c2ccccc2C42c3ccccc3-c3ccccc32)c2c(oc3ccccc32)c1-c1nc(-c2ccccc2)nc(-c2ccccc2)n1. The summed E-state index contributed by atoms with van der Waals surface area (Å²) >= 11 is 0. The molecule has 4 aromatic heterocycles. The van der Waals surface area contributed by atoms with Crippen molar-refractivity contribution in [3.8, 4) is 67.8 Å². The highest BCUT2D eigenvalue weighted by Gasteiger charge is 2.54. The molecule has 0 aliphatic heterocycles. The van der Waals surface area contributed by atoms with Gasteiger partial charge in [0, 0.05) is 49.3 Å². The van der Waals surface area contributed by atoms with Crippen molar-refractivity contribution < 1.29 is 4.42 Å². The van der Waals surface area contributed by atoms with E-state index in [9.17, 15) is 0 Å². The van der Waals surface area contributed by atoms with E-state index < -0.39 is 5.41 Å². The van der Waals surface area contributed by atoms with E-state index in [1.807, 2.05) is 36.4 Å². The fraction of sp³-hybridized carbons (Fsp3) is 0.0282. The lowest BCUT2D eigenvalue weighted by molar-refractivity contribution is 0.669. The van der Waals surface area contributed by atoms with Gasteiger partial charge in [0.15, 0.2) is 17.5 Å². The summed E-state index contributed by atoms with van der Waals surface area (Å²) in [4.78, 5) is 15.7. The maximum absolute atomic E-state index is 7.25. The van der Waals surface area contributed by atoms with Gasteiger partial charge < -0.3 is 13.6 Å². The average molecular weight is 982 g/mol. The van der Waals surface area contributed by atoms with E-state index in [0.717, 1.165) is 72.1 Å². The molecule has 0 unspecified atom stereocenters. The monoisotopic (exact) mass is 981 g/mol. The number of para-hydroxylation sites is 4. The molecule has 6 nitrogen and oxygen atoms in total. The van der Waals surface area contributed by atoms with Crippen LogP contribution in [0.15, 0.2) is 247 Å². The molecule has 0 bridgehead atoms. The summed E-state index contributed by atoms with van der Waals surface area (Å²) in [7, 11) is 0. The van der Waals surface area contributed by atoms with Crippen LogP contribution in [0.25, 0.3) is 133 Å². The first-order valence-corrected chi connectivity index (χ1v) is 26.4. The summed E-state index contributed by atoms with van der Waals surface area (Å²) in [6.07, 6.45) is 0. The van der Waals surface area contributed by atoms with E-state index in [4.69, 9.17) is 19.4 Å². The average Bonchev–Trinajstić information content (AvgIpc) is 4.03. The summed E-state index contributed by atoms with van der Waals surface area (Å²) in [5.41, 5.74) is 21.5. The second-order valence-corrected chi connectivity index (χ2v) is 20.6. The van der Waals surface area contributed by atoms with Gasteiger partial charge in [-0.2, -0.15) is 0 Å². The third kappa shape index (κ3) is 5.55. The molecule has 0 saturated heterocycles. The van der Waals surface area contributed by atoms with Crippen LogP contribution in [0.5, 0.6) is 0 Å². The van der Waals surface area contributed by atoms with Gasteiger partial charge in [0.1, 0.15) is 11.2 Å². The molecule has 4 heterocycles. The van der Waals surface area contributed by atoms with Gasteiger partial charge >= 0.3 is 0 Å². The molecule has 17 rings (SSSR count). The Labute approximate surface area is 442 Å². The van der Waals surface area contributed by atoms with Crippen LogP contribution in [0.1, 0.15) is 27.8 Å². The van der Waals surface area contributed by atoms with Gasteiger partial charge in [0.05, 0.1) is 44.1 Å². The van der Waals surface area contributed by atoms with Crippen LogP contribution in [0.4, 0.5) is 0 Å². The molecule has 2 aliphatic rings. The summed E-state index contributed by atoms with van der Waals surface area (Å²) in [5, 5.41) is 6.80. The van der Waals surface area contributed by atoms with Gasteiger partial charge in [-0.1, -0.05) is 206 Å². The molecule has 0 radical (unpaired) electrons. The Hall–Kier alpha value is -10.2. The Kier molecular flexibility index (Phi) is 8.60. The highest BCUT2D eigenvalue weighted by Crippen LogP contribution is 2.67. The third-order valence-corrected chi connectivity index (χ3v) is 16.7. The maximum atomic E-state index is 7.25. The maximum Gasteiger partial charge on any atom is 0.168 e. The first kappa shape index (κ1) is 42.2. The second-order valence-electron chi connectivity index (χ2n) is 20.6. The Morgan fingerprint density at radius 1 is 0.390 bits per heavy atom. The van der Waals surface area contributed by atoms with E-state index in [-0.39, 0.29) is 0 Å². The first-order chi connectivity index (χ1) is 38.2. The minimum absolute atomic E-state index is 0.553. The van der Waals surface area contributed by atoms with E-state index in [1.165, 1.54) is 71.6 Å². The zero-order chi connectivity index (χ0) is 50.5. The zero-order valence-electron chi connectivity index (χ0n) is 41.7. The fourth-order valence-corrected chi connectivity index (χ4v) is 13.8. The number of aryl methyl sites for hydroxylation is 1. The summed E-state index contributed by atoms with van der Waals surface area (Å²) in [6, 6.07) is 87.7. The number of hydrogen-bond acceptors (Lipinski definition) is 4. The molecule has 77 heavy (non-hydrogen) atoms. The van der Waals surface area contributed by atoms with Crippen LogP contribution >= 0.6 is 0 Å². The van der Waals surface area contributed by atoms with E-state index in [1.54, 1.807) is 0 Å².